The van der Waals surface area contributed by atoms with E-state index < -0.39 is 0 Å². The molecule has 1 unspecified atom stereocenters. The quantitative estimate of drug-likeness (QED) is 0.571. The van der Waals surface area contributed by atoms with Crippen LogP contribution in [0.3, 0.4) is 0 Å². The second kappa shape index (κ2) is 3.13. The molecule has 0 aliphatic heterocycles. The topological polar surface area (TPSA) is 25.8 Å². The van der Waals surface area contributed by atoms with E-state index in [0.717, 1.165) is 16.4 Å². The summed E-state index contributed by atoms with van der Waals surface area (Å²) >= 11 is 0. The summed E-state index contributed by atoms with van der Waals surface area (Å²) in [6, 6.07) is 0. The molecule has 0 fully saturated rings. The van der Waals surface area contributed by atoms with E-state index in [2.05, 4.69) is 35.1 Å². The van der Waals surface area contributed by atoms with Gasteiger partial charge in [-0.05, 0) is 18.9 Å². The van der Waals surface area contributed by atoms with Gasteiger partial charge in [0.1, 0.15) is 5.82 Å². The number of rotatable bonds is 0. The van der Waals surface area contributed by atoms with Crippen molar-refractivity contribution < 1.29 is 0 Å². The van der Waals surface area contributed by atoms with Crippen LogP contribution in [0, 0.1) is 12.8 Å². The Morgan fingerprint density at radius 3 is 3.08 bits per heavy atom. The molecule has 2 rings (SSSR count). The number of aryl methyl sites for hydroxylation is 1. The minimum Gasteiger partial charge on any atom is -0.241 e. The second-order valence-electron chi connectivity index (χ2n) is 3.34. The van der Waals surface area contributed by atoms with Crippen molar-refractivity contribution in [1.82, 2.24) is 9.97 Å². The van der Waals surface area contributed by atoms with E-state index in [9.17, 15) is 0 Å². The van der Waals surface area contributed by atoms with Gasteiger partial charge < -0.3 is 0 Å². The Hall–Kier alpha value is -1.44. The Labute approximate surface area is 77.4 Å². The lowest BCUT2D eigenvalue weighted by atomic mass is 10.1. The van der Waals surface area contributed by atoms with Crippen LogP contribution in [0.15, 0.2) is 18.3 Å². The Morgan fingerprint density at radius 2 is 2.23 bits per heavy atom. The molecule has 1 heterocycles. The van der Waals surface area contributed by atoms with Crippen LogP contribution in [0.1, 0.15) is 12.7 Å². The van der Waals surface area contributed by atoms with E-state index >= 15 is 0 Å². The molecule has 1 aromatic rings. The average Bonchev–Trinajstić information content (AvgIpc) is 2.25. The largest absolute Gasteiger partial charge is 0.241 e. The standard InChI is InChI=1S/C11H12N2/c1-8-4-3-5-11-10(6-8)7-12-9(2)13-11/h3-8H,1-2H3. The van der Waals surface area contributed by atoms with Gasteiger partial charge in [-0.1, -0.05) is 25.2 Å². The molecular formula is C11H12N2. The number of hydrogen-bond donors (Lipinski definition) is 0. The van der Waals surface area contributed by atoms with Gasteiger partial charge in [0.15, 0.2) is 0 Å². The van der Waals surface area contributed by atoms with Gasteiger partial charge in [-0.15, -0.1) is 0 Å². The molecule has 1 aliphatic rings. The second-order valence-corrected chi connectivity index (χ2v) is 3.34. The maximum atomic E-state index is 4.36. The molecule has 0 saturated carbocycles. The minimum absolute atomic E-state index is 0.462. The summed E-state index contributed by atoms with van der Waals surface area (Å²) in [5.41, 5.74) is 0. The average molecular weight is 172 g/mol. The van der Waals surface area contributed by atoms with Crippen molar-refractivity contribution in [1.29, 1.82) is 0 Å². The molecule has 0 aromatic carbocycles. The van der Waals surface area contributed by atoms with Crippen LogP contribution < -0.4 is 10.6 Å². The summed E-state index contributed by atoms with van der Waals surface area (Å²) in [7, 11) is 0. The lowest BCUT2D eigenvalue weighted by Crippen LogP contribution is -2.29. The van der Waals surface area contributed by atoms with Gasteiger partial charge in [0, 0.05) is 11.4 Å². The van der Waals surface area contributed by atoms with Crippen LogP contribution in [-0.2, 0) is 0 Å². The highest BCUT2D eigenvalue weighted by atomic mass is 14.8. The normalized spacial score (nSPS) is 19.7. The van der Waals surface area contributed by atoms with Crippen molar-refractivity contribution in [3.8, 4) is 0 Å². The van der Waals surface area contributed by atoms with E-state index in [1.807, 2.05) is 19.2 Å². The van der Waals surface area contributed by atoms with Crippen LogP contribution in [0.25, 0.3) is 12.2 Å². The lowest BCUT2D eigenvalue weighted by molar-refractivity contribution is 0.975. The smallest absolute Gasteiger partial charge is 0.125 e. The summed E-state index contributed by atoms with van der Waals surface area (Å²) in [4.78, 5) is 8.54. The van der Waals surface area contributed by atoms with Crippen molar-refractivity contribution in [3.63, 3.8) is 0 Å². The number of fused-ring (bicyclic) bond motifs is 1. The monoisotopic (exact) mass is 172 g/mol. The van der Waals surface area contributed by atoms with Gasteiger partial charge >= 0.3 is 0 Å². The summed E-state index contributed by atoms with van der Waals surface area (Å²) in [5, 5.41) is 2.15. The summed E-state index contributed by atoms with van der Waals surface area (Å²) < 4.78 is 0. The van der Waals surface area contributed by atoms with E-state index in [0.29, 0.717) is 5.92 Å². The molecule has 0 radical (unpaired) electrons. The van der Waals surface area contributed by atoms with Crippen LogP contribution in [0.4, 0.5) is 0 Å². The molecule has 1 aromatic heterocycles. The zero-order valence-corrected chi connectivity index (χ0v) is 7.86. The Balaban J connectivity index is 2.75. The molecular weight excluding hydrogens is 160 g/mol. The van der Waals surface area contributed by atoms with Gasteiger partial charge in [-0.2, -0.15) is 0 Å². The molecule has 0 amide bonds. The molecule has 2 nitrogen and oxygen atoms in total. The minimum atomic E-state index is 0.462. The molecule has 1 atom stereocenters. The van der Waals surface area contributed by atoms with Crippen LogP contribution >= 0.6 is 0 Å². The van der Waals surface area contributed by atoms with Gasteiger partial charge in [0.05, 0.1) is 5.35 Å². The Bertz CT molecular complexity index is 457. The van der Waals surface area contributed by atoms with Crippen LogP contribution in [-0.4, -0.2) is 9.97 Å². The van der Waals surface area contributed by atoms with Crippen LogP contribution in [0.5, 0.6) is 0 Å². The Morgan fingerprint density at radius 1 is 1.38 bits per heavy atom. The molecule has 0 bridgehead atoms. The third-order valence-electron chi connectivity index (χ3n) is 2.08. The number of nitrogens with zero attached hydrogens (tertiary/aromatic N) is 2. The predicted molar refractivity (Wildman–Crippen MR) is 53.3 cm³/mol. The van der Waals surface area contributed by atoms with E-state index in [1.165, 1.54) is 0 Å². The van der Waals surface area contributed by atoms with Crippen molar-refractivity contribution in [2.24, 2.45) is 5.92 Å². The van der Waals surface area contributed by atoms with Crippen molar-refractivity contribution in [2.45, 2.75) is 13.8 Å². The van der Waals surface area contributed by atoms with Gasteiger partial charge in [-0.3, -0.25) is 0 Å². The van der Waals surface area contributed by atoms with Crippen molar-refractivity contribution in [3.05, 3.63) is 34.7 Å². The molecule has 0 spiro atoms. The van der Waals surface area contributed by atoms with Gasteiger partial charge in [0.25, 0.3) is 0 Å². The fraction of sp³-hybridized carbons (Fsp3) is 0.273. The number of hydrogen-bond acceptors (Lipinski definition) is 2. The first-order valence-electron chi connectivity index (χ1n) is 4.46. The maximum absolute atomic E-state index is 4.36. The van der Waals surface area contributed by atoms with E-state index in [4.69, 9.17) is 0 Å². The highest BCUT2D eigenvalue weighted by molar-refractivity contribution is 5.43. The molecule has 0 saturated heterocycles. The van der Waals surface area contributed by atoms with Gasteiger partial charge in [0.2, 0.25) is 0 Å². The van der Waals surface area contributed by atoms with E-state index in [-0.39, 0.29) is 0 Å². The van der Waals surface area contributed by atoms with Crippen molar-refractivity contribution in [2.75, 3.05) is 0 Å². The maximum Gasteiger partial charge on any atom is 0.125 e. The first-order chi connectivity index (χ1) is 6.25. The Kier molecular flexibility index (Phi) is 1.97. The predicted octanol–water partition coefficient (Wildman–Crippen LogP) is 0.552. The molecule has 0 N–H and O–H groups in total. The third kappa shape index (κ3) is 1.66. The molecule has 2 heteroatoms. The summed E-state index contributed by atoms with van der Waals surface area (Å²) in [6.45, 7) is 4.06. The molecule has 13 heavy (non-hydrogen) atoms. The fourth-order valence-corrected chi connectivity index (χ4v) is 1.42. The first kappa shape index (κ1) is 8.17. The number of aromatic nitrogens is 2. The van der Waals surface area contributed by atoms with Crippen LogP contribution in [0.2, 0.25) is 0 Å². The zero-order chi connectivity index (χ0) is 9.26. The summed E-state index contributed by atoms with van der Waals surface area (Å²) in [5.74, 6) is 1.29. The molecule has 1 aliphatic carbocycles. The highest BCUT2D eigenvalue weighted by Gasteiger charge is 1.96. The van der Waals surface area contributed by atoms with Crippen molar-refractivity contribution >= 4 is 12.2 Å². The number of allylic oxidation sites excluding steroid dienone is 2. The van der Waals surface area contributed by atoms with E-state index in [1.54, 1.807) is 0 Å². The molecule has 66 valence electrons. The third-order valence-corrected chi connectivity index (χ3v) is 2.08. The zero-order valence-electron chi connectivity index (χ0n) is 7.86. The lowest BCUT2D eigenvalue weighted by Gasteiger charge is -1.94. The highest BCUT2D eigenvalue weighted by Crippen LogP contribution is 1.99. The first-order valence-corrected chi connectivity index (χ1v) is 4.46. The van der Waals surface area contributed by atoms with Gasteiger partial charge in [-0.25, -0.2) is 9.97 Å². The SMILES string of the molecule is Cc1ncc2c(n1)=CC=CC(C)C=2. The summed E-state index contributed by atoms with van der Waals surface area (Å²) in [6.07, 6.45) is 10.3. The fourth-order valence-electron chi connectivity index (χ4n) is 1.42.